The van der Waals surface area contributed by atoms with E-state index in [0.717, 1.165) is 11.6 Å². The van der Waals surface area contributed by atoms with Crippen molar-refractivity contribution in [1.29, 1.82) is 0 Å². The van der Waals surface area contributed by atoms with Gasteiger partial charge in [0.25, 0.3) is 0 Å². The Balaban J connectivity index is 0.000000980. The number of halogens is 2. The van der Waals surface area contributed by atoms with Gasteiger partial charge in [0, 0.05) is 24.0 Å². The topological polar surface area (TPSA) is 62.2 Å². The summed E-state index contributed by atoms with van der Waals surface area (Å²) in [6.07, 6.45) is 2.41. The molecule has 0 saturated carbocycles. The van der Waals surface area contributed by atoms with Gasteiger partial charge in [-0.3, -0.25) is 4.79 Å². The lowest BCUT2D eigenvalue weighted by Gasteiger charge is -2.02. The third-order valence-electron chi connectivity index (χ3n) is 2.23. The molecule has 1 aliphatic rings. The van der Waals surface area contributed by atoms with Crippen LogP contribution >= 0.6 is 36.2 Å². The second kappa shape index (κ2) is 6.27. The van der Waals surface area contributed by atoms with Crippen molar-refractivity contribution in [2.75, 3.05) is 6.54 Å². The van der Waals surface area contributed by atoms with Crippen LogP contribution in [0.15, 0.2) is 11.6 Å². The largest absolute Gasteiger partial charge is 0.480 e. The van der Waals surface area contributed by atoms with E-state index in [2.05, 4.69) is 10.3 Å². The first-order chi connectivity index (χ1) is 6.27. The van der Waals surface area contributed by atoms with E-state index in [4.69, 9.17) is 5.11 Å². The molecule has 7 heteroatoms. The van der Waals surface area contributed by atoms with Crippen molar-refractivity contribution in [2.45, 2.75) is 18.4 Å². The highest BCUT2D eigenvalue weighted by Gasteiger charge is 2.31. The van der Waals surface area contributed by atoms with E-state index in [-0.39, 0.29) is 30.7 Å². The number of thiazole rings is 1. The minimum absolute atomic E-state index is 0. The molecule has 4 nitrogen and oxygen atoms in total. The van der Waals surface area contributed by atoms with Crippen molar-refractivity contribution in [3.05, 3.63) is 16.6 Å². The van der Waals surface area contributed by atoms with Gasteiger partial charge in [-0.25, -0.2) is 4.98 Å². The third-order valence-corrected chi connectivity index (χ3v) is 3.17. The van der Waals surface area contributed by atoms with Crippen molar-refractivity contribution < 1.29 is 9.90 Å². The molecule has 0 bridgehead atoms. The SMILES string of the molecule is Cl.Cl.O=C(O)C1CC(c2nccs2)CN1. The van der Waals surface area contributed by atoms with Crippen molar-refractivity contribution >= 4 is 42.1 Å². The number of aliphatic carboxylic acids is 1. The molecule has 2 unspecified atom stereocenters. The lowest BCUT2D eigenvalue weighted by molar-refractivity contribution is -0.139. The average Bonchev–Trinajstić information content (AvgIpc) is 2.75. The number of carbonyl (C=O) groups is 1. The summed E-state index contributed by atoms with van der Waals surface area (Å²) in [5.41, 5.74) is 0. The lowest BCUT2D eigenvalue weighted by atomic mass is 10.1. The molecule has 0 spiro atoms. The first-order valence-electron chi connectivity index (χ1n) is 4.13. The van der Waals surface area contributed by atoms with Gasteiger partial charge in [-0.1, -0.05) is 0 Å². The maximum atomic E-state index is 10.6. The Kier molecular flexibility index (Phi) is 6.12. The number of hydrogen-bond donors (Lipinski definition) is 2. The van der Waals surface area contributed by atoms with E-state index in [0.29, 0.717) is 6.42 Å². The summed E-state index contributed by atoms with van der Waals surface area (Å²) in [4.78, 5) is 14.8. The Hall–Kier alpha value is -0.360. The fourth-order valence-electron chi connectivity index (χ4n) is 1.55. The van der Waals surface area contributed by atoms with Crippen molar-refractivity contribution in [1.82, 2.24) is 10.3 Å². The van der Waals surface area contributed by atoms with Crippen molar-refractivity contribution in [3.63, 3.8) is 0 Å². The molecule has 0 amide bonds. The molecule has 2 atom stereocenters. The predicted molar refractivity (Wildman–Crippen MR) is 63.4 cm³/mol. The molecule has 1 saturated heterocycles. The molecule has 0 aromatic carbocycles. The van der Waals surface area contributed by atoms with Crippen LogP contribution in [-0.2, 0) is 4.79 Å². The number of nitrogens with one attached hydrogen (secondary N) is 1. The van der Waals surface area contributed by atoms with E-state index >= 15 is 0 Å². The van der Waals surface area contributed by atoms with Gasteiger partial charge in [-0.2, -0.15) is 0 Å². The van der Waals surface area contributed by atoms with Gasteiger partial charge in [0.2, 0.25) is 0 Å². The molecule has 0 aliphatic carbocycles. The molecular weight excluding hydrogens is 259 g/mol. The van der Waals surface area contributed by atoms with Gasteiger partial charge < -0.3 is 10.4 Å². The number of carboxylic acid groups (broad SMARTS) is 1. The van der Waals surface area contributed by atoms with Crippen molar-refractivity contribution in [3.8, 4) is 0 Å². The Morgan fingerprint density at radius 2 is 2.33 bits per heavy atom. The van der Waals surface area contributed by atoms with Gasteiger partial charge in [-0.15, -0.1) is 36.2 Å². The third kappa shape index (κ3) is 3.31. The standard InChI is InChI=1S/C8H10N2O2S.2ClH/c11-8(12)6-3-5(4-10-6)7-9-1-2-13-7;;/h1-2,5-6,10H,3-4H2,(H,11,12);2*1H. The fraction of sp³-hybridized carbons (Fsp3) is 0.500. The number of hydrogen-bond acceptors (Lipinski definition) is 4. The molecule has 2 heterocycles. The van der Waals surface area contributed by atoms with E-state index in [9.17, 15) is 4.79 Å². The lowest BCUT2D eigenvalue weighted by Crippen LogP contribution is -2.29. The molecule has 1 aromatic heterocycles. The van der Waals surface area contributed by atoms with Crippen LogP contribution in [0.3, 0.4) is 0 Å². The van der Waals surface area contributed by atoms with E-state index in [1.165, 1.54) is 0 Å². The summed E-state index contributed by atoms with van der Waals surface area (Å²) in [5, 5.41) is 14.7. The van der Waals surface area contributed by atoms with Crippen LogP contribution in [0.25, 0.3) is 0 Å². The van der Waals surface area contributed by atoms with Crippen LogP contribution in [0.4, 0.5) is 0 Å². The Bertz CT molecular complexity index is 308. The van der Waals surface area contributed by atoms with Gasteiger partial charge in [0.1, 0.15) is 6.04 Å². The summed E-state index contributed by atoms with van der Waals surface area (Å²) >= 11 is 1.59. The summed E-state index contributed by atoms with van der Waals surface area (Å²) in [5.74, 6) is -0.486. The Labute approximate surface area is 104 Å². The first-order valence-corrected chi connectivity index (χ1v) is 5.01. The van der Waals surface area contributed by atoms with Crippen LogP contribution in [0.5, 0.6) is 0 Å². The quantitative estimate of drug-likeness (QED) is 0.856. The highest BCUT2D eigenvalue weighted by Crippen LogP contribution is 2.26. The van der Waals surface area contributed by atoms with Crippen LogP contribution in [0, 0.1) is 0 Å². The first kappa shape index (κ1) is 14.6. The maximum absolute atomic E-state index is 10.6. The zero-order valence-electron chi connectivity index (χ0n) is 7.75. The number of rotatable bonds is 2. The minimum atomic E-state index is -0.765. The fourth-order valence-corrected chi connectivity index (χ4v) is 2.30. The van der Waals surface area contributed by atoms with Gasteiger partial charge in [0.15, 0.2) is 0 Å². The maximum Gasteiger partial charge on any atom is 0.320 e. The Morgan fingerprint density at radius 3 is 2.80 bits per heavy atom. The molecule has 2 N–H and O–H groups in total. The van der Waals surface area contributed by atoms with E-state index in [1.807, 2.05) is 5.38 Å². The molecule has 1 fully saturated rings. The summed E-state index contributed by atoms with van der Waals surface area (Å²) in [6.45, 7) is 0.727. The second-order valence-electron chi connectivity index (χ2n) is 3.10. The highest BCUT2D eigenvalue weighted by atomic mass is 35.5. The van der Waals surface area contributed by atoms with Crippen LogP contribution < -0.4 is 5.32 Å². The minimum Gasteiger partial charge on any atom is -0.480 e. The second-order valence-corrected chi connectivity index (χ2v) is 4.03. The number of carboxylic acids is 1. The molecule has 2 rings (SSSR count). The molecule has 1 aromatic rings. The zero-order chi connectivity index (χ0) is 9.26. The van der Waals surface area contributed by atoms with Crippen LogP contribution in [-0.4, -0.2) is 28.6 Å². The normalized spacial score (nSPS) is 24.0. The van der Waals surface area contributed by atoms with Gasteiger partial charge in [-0.05, 0) is 6.42 Å². The van der Waals surface area contributed by atoms with Crippen molar-refractivity contribution in [2.24, 2.45) is 0 Å². The van der Waals surface area contributed by atoms with Crippen LogP contribution in [0.2, 0.25) is 0 Å². The summed E-state index contributed by atoms with van der Waals surface area (Å²) in [7, 11) is 0. The highest BCUT2D eigenvalue weighted by molar-refractivity contribution is 7.09. The van der Waals surface area contributed by atoms with E-state index in [1.54, 1.807) is 17.5 Å². The average molecular weight is 271 g/mol. The van der Waals surface area contributed by atoms with E-state index < -0.39 is 12.0 Å². The molecular formula is C8H12Cl2N2O2S. The molecule has 15 heavy (non-hydrogen) atoms. The number of aromatic nitrogens is 1. The zero-order valence-corrected chi connectivity index (χ0v) is 10.2. The monoisotopic (exact) mass is 270 g/mol. The summed E-state index contributed by atoms with van der Waals surface area (Å²) < 4.78 is 0. The van der Waals surface area contributed by atoms with Gasteiger partial charge in [0.05, 0.1) is 5.01 Å². The summed E-state index contributed by atoms with van der Waals surface area (Å²) in [6, 6.07) is -0.395. The molecule has 86 valence electrons. The Morgan fingerprint density at radius 1 is 1.60 bits per heavy atom. The predicted octanol–water partition coefficient (Wildman–Crippen LogP) is 1.52. The smallest absolute Gasteiger partial charge is 0.320 e. The van der Waals surface area contributed by atoms with Gasteiger partial charge >= 0.3 is 5.97 Å². The van der Waals surface area contributed by atoms with Crippen LogP contribution in [0.1, 0.15) is 17.3 Å². The molecule has 0 radical (unpaired) electrons. The molecule has 1 aliphatic heterocycles. The number of nitrogens with zero attached hydrogens (tertiary/aromatic N) is 1.